The van der Waals surface area contributed by atoms with Crippen LogP contribution < -0.4 is 0 Å². The maximum absolute atomic E-state index is 12.7. The van der Waals surface area contributed by atoms with Gasteiger partial charge in [0.25, 0.3) is 5.91 Å². The number of carboxylic acids is 1. The number of aromatic nitrogens is 2. The van der Waals surface area contributed by atoms with Gasteiger partial charge in [-0.1, -0.05) is 13.8 Å². The fourth-order valence-corrected chi connectivity index (χ4v) is 2.97. The van der Waals surface area contributed by atoms with Crippen molar-refractivity contribution in [2.24, 2.45) is 5.92 Å². The lowest BCUT2D eigenvalue weighted by molar-refractivity contribution is -0.143. The molecule has 0 bridgehead atoms. The van der Waals surface area contributed by atoms with Crippen molar-refractivity contribution in [3.05, 3.63) is 17.5 Å². The first-order chi connectivity index (χ1) is 10.6. The molecule has 0 aliphatic carbocycles. The summed E-state index contributed by atoms with van der Waals surface area (Å²) < 4.78 is 1.91. The molecule has 1 aliphatic rings. The molecule has 0 aromatic carbocycles. The maximum Gasteiger partial charge on any atom is 0.308 e. The summed E-state index contributed by atoms with van der Waals surface area (Å²) in [4.78, 5) is 25.5. The lowest BCUT2D eigenvalue weighted by Gasteiger charge is -2.30. The molecule has 0 unspecified atom stereocenters. The minimum Gasteiger partial charge on any atom is -0.481 e. The molecule has 23 heavy (non-hydrogen) atoms. The van der Waals surface area contributed by atoms with Gasteiger partial charge in [-0.2, -0.15) is 5.10 Å². The summed E-state index contributed by atoms with van der Waals surface area (Å²) in [6.45, 7) is 11.2. The summed E-state index contributed by atoms with van der Waals surface area (Å²) in [5.41, 5.74) is 1.23. The van der Waals surface area contributed by atoms with E-state index in [1.165, 1.54) is 0 Å². The second-order valence-corrected chi connectivity index (χ2v) is 7.62. The molecule has 1 aromatic rings. The number of amides is 1. The third kappa shape index (κ3) is 3.74. The molecule has 6 nitrogen and oxygen atoms in total. The van der Waals surface area contributed by atoms with E-state index in [4.69, 9.17) is 0 Å². The van der Waals surface area contributed by atoms with Gasteiger partial charge in [-0.15, -0.1) is 0 Å². The summed E-state index contributed by atoms with van der Waals surface area (Å²) in [6, 6.07) is 1.85. The number of piperidine rings is 1. The van der Waals surface area contributed by atoms with E-state index in [-0.39, 0.29) is 23.9 Å². The lowest BCUT2D eigenvalue weighted by Crippen LogP contribution is -2.42. The van der Waals surface area contributed by atoms with E-state index in [9.17, 15) is 14.7 Å². The van der Waals surface area contributed by atoms with Crippen LogP contribution in [0.15, 0.2) is 6.07 Å². The van der Waals surface area contributed by atoms with Gasteiger partial charge in [0.2, 0.25) is 0 Å². The smallest absolute Gasteiger partial charge is 0.308 e. The van der Waals surface area contributed by atoms with Gasteiger partial charge >= 0.3 is 5.97 Å². The third-order valence-electron chi connectivity index (χ3n) is 4.24. The van der Waals surface area contributed by atoms with Crippen molar-refractivity contribution < 1.29 is 14.7 Å². The van der Waals surface area contributed by atoms with Crippen molar-refractivity contribution in [3.8, 4) is 0 Å². The molecule has 1 saturated heterocycles. The molecule has 1 amide bonds. The zero-order chi connectivity index (χ0) is 17.4. The standard InChI is InChI=1S/C17H27N3O3/c1-11(2)14-9-13(18-20(14)17(3,4)5)15(21)19-8-6-7-12(10-19)16(22)23/h9,11-12H,6-8,10H2,1-5H3,(H,22,23)/t12-/m0/s1. The number of likely N-dealkylation sites (tertiary alicyclic amines) is 1. The first-order valence-corrected chi connectivity index (χ1v) is 8.23. The van der Waals surface area contributed by atoms with Gasteiger partial charge in [-0.05, 0) is 45.6 Å². The number of hydrogen-bond acceptors (Lipinski definition) is 3. The topological polar surface area (TPSA) is 75.4 Å². The Bertz CT molecular complexity index is 599. The minimum absolute atomic E-state index is 0.166. The molecule has 2 heterocycles. The third-order valence-corrected chi connectivity index (χ3v) is 4.24. The maximum atomic E-state index is 12.7. The fraction of sp³-hybridized carbons (Fsp3) is 0.706. The highest BCUT2D eigenvalue weighted by molar-refractivity contribution is 5.92. The summed E-state index contributed by atoms with van der Waals surface area (Å²) in [5, 5.41) is 13.7. The highest BCUT2D eigenvalue weighted by atomic mass is 16.4. The van der Waals surface area contributed by atoms with Gasteiger partial charge in [-0.3, -0.25) is 14.3 Å². The fourth-order valence-electron chi connectivity index (χ4n) is 2.97. The number of carboxylic acid groups (broad SMARTS) is 1. The van der Waals surface area contributed by atoms with Crippen LogP contribution in [-0.4, -0.2) is 44.8 Å². The summed E-state index contributed by atoms with van der Waals surface area (Å²) in [5.74, 6) is -1.20. The Morgan fingerprint density at radius 1 is 1.35 bits per heavy atom. The van der Waals surface area contributed by atoms with E-state index in [0.29, 0.717) is 18.7 Å². The molecule has 0 saturated carbocycles. The number of hydrogen-bond donors (Lipinski definition) is 1. The van der Waals surface area contributed by atoms with Crippen LogP contribution in [0.4, 0.5) is 0 Å². The molecule has 1 aliphatic heterocycles. The van der Waals surface area contributed by atoms with E-state index >= 15 is 0 Å². The van der Waals surface area contributed by atoms with E-state index in [1.807, 2.05) is 10.7 Å². The van der Waals surface area contributed by atoms with Gasteiger partial charge in [0.05, 0.1) is 11.5 Å². The quantitative estimate of drug-likeness (QED) is 0.928. The highest BCUT2D eigenvalue weighted by Crippen LogP contribution is 2.25. The van der Waals surface area contributed by atoms with Crippen LogP contribution in [-0.2, 0) is 10.3 Å². The Kier molecular flexibility index (Phi) is 4.82. The van der Waals surface area contributed by atoms with Crippen molar-refractivity contribution in [2.75, 3.05) is 13.1 Å². The Balaban J connectivity index is 2.27. The number of carbonyl (C=O) groups excluding carboxylic acids is 1. The zero-order valence-electron chi connectivity index (χ0n) is 14.7. The monoisotopic (exact) mass is 321 g/mol. The van der Waals surface area contributed by atoms with Crippen LogP contribution in [0, 0.1) is 5.92 Å². The average molecular weight is 321 g/mol. The van der Waals surface area contributed by atoms with Crippen LogP contribution in [0.1, 0.15) is 69.6 Å². The highest BCUT2D eigenvalue weighted by Gasteiger charge is 2.31. The van der Waals surface area contributed by atoms with Gasteiger partial charge in [0.1, 0.15) is 0 Å². The molecule has 1 fully saturated rings. The van der Waals surface area contributed by atoms with Gasteiger partial charge in [0, 0.05) is 18.8 Å². The van der Waals surface area contributed by atoms with Crippen LogP contribution in [0.25, 0.3) is 0 Å². The van der Waals surface area contributed by atoms with Gasteiger partial charge in [0.15, 0.2) is 5.69 Å². The number of aliphatic carboxylic acids is 1. The molecule has 6 heteroatoms. The molecule has 1 aromatic heterocycles. The number of nitrogens with zero attached hydrogens (tertiary/aromatic N) is 3. The van der Waals surface area contributed by atoms with E-state index in [2.05, 4.69) is 39.7 Å². The Morgan fingerprint density at radius 3 is 2.48 bits per heavy atom. The molecule has 0 spiro atoms. The average Bonchev–Trinajstić information content (AvgIpc) is 2.92. The molecular weight excluding hydrogens is 294 g/mol. The molecule has 2 rings (SSSR count). The normalized spacial score (nSPS) is 19.2. The van der Waals surface area contributed by atoms with Crippen LogP contribution >= 0.6 is 0 Å². The zero-order valence-corrected chi connectivity index (χ0v) is 14.7. The molecule has 1 atom stereocenters. The first kappa shape index (κ1) is 17.5. The van der Waals surface area contributed by atoms with E-state index in [1.54, 1.807) is 4.90 Å². The number of rotatable bonds is 3. The molecule has 0 radical (unpaired) electrons. The Hall–Kier alpha value is -1.85. The second kappa shape index (κ2) is 6.34. The van der Waals surface area contributed by atoms with Crippen LogP contribution in [0.5, 0.6) is 0 Å². The summed E-state index contributed by atoms with van der Waals surface area (Å²) in [7, 11) is 0. The summed E-state index contributed by atoms with van der Waals surface area (Å²) >= 11 is 0. The largest absolute Gasteiger partial charge is 0.481 e. The van der Waals surface area contributed by atoms with Gasteiger partial charge in [-0.25, -0.2) is 0 Å². The van der Waals surface area contributed by atoms with Gasteiger partial charge < -0.3 is 10.0 Å². The summed E-state index contributed by atoms with van der Waals surface area (Å²) in [6.07, 6.45) is 1.35. The van der Waals surface area contributed by atoms with Crippen LogP contribution in [0.2, 0.25) is 0 Å². The van der Waals surface area contributed by atoms with Crippen molar-refractivity contribution in [1.29, 1.82) is 0 Å². The molecule has 128 valence electrons. The van der Waals surface area contributed by atoms with E-state index < -0.39 is 11.9 Å². The first-order valence-electron chi connectivity index (χ1n) is 8.23. The van der Waals surface area contributed by atoms with E-state index in [0.717, 1.165) is 12.1 Å². The minimum atomic E-state index is -0.828. The molecular formula is C17H27N3O3. The predicted molar refractivity (Wildman–Crippen MR) is 87.6 cm³/mol. The molecule has 1 N–H and O–H groups in total. The Labute approximate surface area is 137 Å². The Morgan fingerprint density at radius 2 is 2.00 bits per heavy atom. The SMILES string of the molecule is CC(C)c1cc(C(=O)N2CCC[C@H](C(=O)O)C2)nn1C(C)(C)C. The lowest BCUT2D eigenvalue weighted by atomic mass is 9.98. The number of carbonyl (C=O) groups is 2. The van der Waals surface area contributed by atoms with Crippen molar-refractivity contribution in [1.82, 2.24) is 14.7 Å². The van der Waals surface area contributed by atoms with Crippen molar-refractivity contribution in [2.45, 2.75) is 58.9 Å². The second-order valence-electron chi connectivity index (χ2n) is 7.62. The predicted octanol–water partition coefficient (Wildman–Crippen LogP) is 2.70. The van der Waals surface area contributed by atoms with Crippen molar-refractivity contribution >= 4 is 11.9 Å². The van der Waals surface area contributed by atoms with Crippen molar-refractivity contribution in [3.63, 3.8) is 0 Å². The van der Waals surface area contributed by atoms with Crippen LogP contribution in [0.3, 0.4) is 0 Å².